The summed E-state index contributed by atoms with van der Waals surface area (Å²) in [7, 11) is 0. The zero-order valence-electron chi connectivity index (χ0n) is 6.16. The SMILES string of the molecule is CC/C=C/C1=CC(=O)OC1=O. The topological polar surface area (TPSA) is 43.4 Å². The second-order valence-corrected chi connectivity index (χ2v) is 2.12. The van der Waals surface area contributed by atoms with Gasteiger partial charge in [-0.15, -0.1) is 0 Å². The van der Waals surface area contributed by atoms with Crippen LogP contribution in [0.5, 0.6) is 0 Å². The van der Waals surface area contributed by atoms with Crippen LogP contribution < -0.4 is 0 Å². The van der Waals surface area contributed by atoms with Crippen LogP contribution in [0.3, 0.4) is 0 Å². The highest BCUT2D eigenvalue weighted by atomic mass is 16.6. The molecule has 0 aliphatic carbocycles. The lowest BCUT2D eigenvalue weighted by molar-refractivity contribution is -0.150. The molecule has 58 valence electrons. The first-order valence-corrected chi connectivity index (χ1v) is 3.38. The molecule has 0 bridgehead atoms. The van der Waals surface area contributed by atoms with Crippen molar-refractivity contribution in [2.45, 2.75) is 13.3 Å². The molecule has 0 fully saturated rings. The molecule has 11 heavy (non-hydrogen) atoms. The third-order valence-electron chi connectivity index (χ3n) is 1.24. The number of ether oxygens (including phenoxy) is 1. The molecule has 1 rings (SSSR count). The number of hydrogen-bond donors (Lipinski definition) is 0. The molecule has 3 nitrogen and oxygen atoms in total. The summed E-state index contributed by atoms with van der Waals surface area (Å²) in [6.45, 7) is 1.94. The summed E-state index contributed by atoms with van der Waals surface area (Å²) in [6.07, 6.45) is 5.41. The van der Waals surface area contributed by atoms with Gasteiger partial charge >= 0.3 is 11.9 Å². The Labute approximate surface area is 64.3 Å². The normalized spacial score (nSPS) is 17.4. The fraction of sp³-hybridized carbons (Fsp3) is 0.250. The number of hydrogen-bond acceptors (Lipinski definition) is 3. The van der Waals surface area contributed by atoms with Crippen LogP contribution in [0.4, 0.5) is 0 Å². The Morgan fingerprint density at radius 1 is 1.55 bits per heavy atom. The Bertz CT molecular complexity index is 248. The van der Waals surface area contributed by atoms with E-state index in [0.717, 1.165) is 6.42 Å². The molecule has 0 atom stereocenters. The molecule has 0 aromatic carbocycles. The first-order valence-electron chi connectivity index (χ1n) is 3.38. The Kier molecular flexibility index (Phi) is 2.21. The van der Waals surface area contributed by atoms with E-state index >= 15 is 0 Å². The molecular weight excluding hydrogens is 144 g/mol. The molecule has 0 unspecified atom stereocenters. The van der Waals surface area contributed by atoms with Gasteiger partial charge in [-0.3, -0.25) is 0 Å². The van der Waals surface area contributed by atoms with Crippen LogP contribution in [-0.4, -0.2) is 11.9 Å². The van der Waals surface area contributed by atoms with Crippen molar-refractivity contribution in [2.75, 3.05) is 0 Å². The summed E-state index contributed by atoms with van der Waals surface area (Å²) in [5.74, 6) is -1.13. The zero-order chi connectivity index (χ0) is 8.27. The van der Waals surface area contributed by atoms with Gasteiger partial charge in [-0.25, -0.2) is 9.59 Å². The molecule has 0 N–H and O–H groups in total. The Morgan fingerprint density at radius 3 is 2.73 bits per heavy atom. The summed E-state index contributed by atoms with van der Waals surface area (Å²) >= 11 is 0. The fourth-order valence-electron chi connectivity index (χ4n) is 0.727. The van der Waals surface area contributed by atoms with Crippen LogP contribution in [0.1, 0.15) is 13.3 Å². The fourth-order valence-corrected chi connectivity index (χ4v) is 0.727. The number of rotatable bonds is 2. The van der Waals surface area contributed by atoms with Gasteiger partial charge in [-0.05, 0) is 6.42 Å². The lowest BCUT2D eigenvalue weighted by atomic mass is 10.2. The second-order valence-electron chi connectivity index (χ2n) is 2.12. The number of carbonyl (C=O) groups is 2. The largest absolute Gasteiger partial charge is 0.386 e. The Balaban J connectivity index is 2.72. The van der Waals surface area contributed by atoms with E-state index in [1.807, 2.05) is 6.92 Å². The lowest BCUT2D eigenvalue weighted by Gasteiger charge is -1.87. The molecular formula is C8H8O3. The van der Waals surface area contributed by atoms with E-state index in [4.69, 9.17) is 0 Å². The molecule has 1 aliphatic heterocycles. The summed E-state index contributed by atoms with van der Waals surface area (Å²) in [6, 6.07) is 0. The van der Waals surface area contributed by atoms with Crippen molar-refractivity contribution in [3.8, 4) is 0 Å². The van der Waals surface area contributed by atoms with E-state index in [1.165, 1.54) is 6.08 Å². The molecule has 1 heterocycles. The van der Waals surface area contributed by atoms with Crippen LogP contribution in [-0.2, 0) is 14.3 Å². The number of cyclic esters (lactones) is 2. The highest BCUT2D eigenvalue weighted by Gasteiger charge is 2.20. The van der Waals surface area contributed by atoms with Gasteiger partial charge in [0.05, 0.1) is 5.57 Å². The van der Waals surface area contributed by atoms with Gasteiger partial charge in [0.25, 0.3) is 0 Å². The highest BCUT2D eigenvalue weighted by Crippen LogP contribution is 2.09. The average molecular weight is 152 g/mol. The maximum absolute atomic E-state index is 10.7. The van der Waals surface area contributed by atoms with Crippen LogP contribution >= 0.6 is 0 Å². The van der Waals surface area contributed by atoms with E-state index in [2.05, 4.69) is 4.74 Å². The quantitative estimate of drug-likeness (QED) is 0.437. The molecule has 3 heteroatoms. The van der Waals surface area contributed by atoms with Gasteiger partial charge in [-0.2, -0.15) is 0 Å². The highest BCUT2D eigenvalue weighted by molar-refractivity contribution is 6.10. The third-order valence-corrected chi connectivity index (χ3v) is 1.24. The van der Waals surface area contributed by atoms with Crippen molar-refractivity contribution in [1.82, 2.24) is 0 Å². The average Bonchev–Trinajstić information content (AvgIpc) is 2.26. The summed E-state index contributed by atoms with van der Waals surface area (Å²) in [5.41, 5.74) is 0.330. The molecule has 0 amide bonds. The Hall–Kier alpha value is -1.38. The predicted octanol–water partition coefficient (Wildman–Crippen LogP) is 0.962. The first kappa shape index (κ1) is 7.72. The summed E-state index contributed by atoms with van der Waals surface area (Å²) < 4.78 is 4.25. The maximum atomic E-state index is 10.7. The zero-order valence-corrected chi connectivity index (χ0v) is 6.16. The molecule has 0 saturated carbocycles. The monoisotopic (exact) mass is 152 g/mol. The number of esters is 2. The predicted molar refractivity (Wildman–Crippen MR) is 38.6 cm³/mol. The molecule has 0 spiro atoms. The second kappa shape index (κ2) is 3.14. The lowest BCUT2D eigenvalue weighted by Crippen LogP contribution is -2.00. The minimum atomic E-state index is -0.578. The smallest absolute Gasteiger partial charge is 0.346 e. The van der Waals surface area contributed by atoms with E-state index in [1.54, 1.807) is 12.2 Å². The van der Waals surface area contributed by atoms with E-state index in [9.17, 15) is 9.59 Å². The van der Waals surface area contributed by atoms with E-state index in [-0.39, 0.29) is 0 Å². The van der Waals surface area contributed by atoms with Crippen LogP contribution in [0.2, 0.25) is 0 Å². The van der Waals surface area contributed by atoms with Crippen molar-refractivity contribution in [1.29, 1.82) is 0 Å². The van der Waals surface area contributed by atoms with Crippen molar-refractivity contribution in [3.05, 3.63) is 23.8 Å². The molecule has 0 radical (unpaired) electrons. The van der Waals surface area contributed by atoms with Gasteiger partial charge in [0.1, 0.15) is 0 Å². The van der Waals surface area contributed by atoms with Crippen molar-refractivity contribution in [3.63, 3.8) is 0 Å². The Morgan fingerprint density at radius 2 is 2.27 bits per heavy atom. The van der Waals surface area contributed by atoms with Gasteiger partial charge in [0.2, 0.25) is 0 Å². The summed E-state index contributed by atoms with van der Waals surface area (Å²) in [5, 5.41) is 0. The number of carbonyl (C=O) groups excluding carboxylic acids is 2. The van der Waals surface area contributed by atoms with E-state index < -0.39 is 11.9 Å². The minimum absolute atomic E-state index is 0.330. The van der Waals surface area contributed by atoms with Crippen LogP contribution in [0, 0.1) is 0 Å². The van der Waals surface area contributed by atoms with Crippen LogP contribution in [0.25, 0.3) is 0 Å². The van der Waals surface area contributed by atoms with Gasteiger partial charge < -0.3 is 4.74 Å². The molecule has 1 aliphatic rings. The number of allylic oxidation sites excluding steroid dienone is 1. The standard InChI is InChI=1S/C8H8O3/c1-2-3-4-6-5-7(9)11-8(6)10/h3-5H,2H2,1H3/b4-3+. The third kappa shape index (κ3) is 1.77. The van der Waals surface area contributed by atoms with Gasteiger partial charge in [-0.1, -0.05) is 19.1 Å². The van der Waals surface area contributed by atoms with E-state index in [0.29, 0.717) is 5.57 Å². The minimum Gasteiger partial charge on any atom is -0.386 e. The maximum Gasteiger partial charge on any atom is 0.346 e. The van der Waals surface area contributed by atoms with Crippen molar-refractivity contribution >= 4 is 11.9 Å². The summed E-state index contributed by atoms with van der Waals surface area (Å²) in [4.78, 5) is 21.2. The van der Waals surface area contributed by atoms with Crippen molar-refractivity contribution in [2.24, 2.45) is 0 Å². The van der Waals surface area contributed by atoms with Crippen LogP contribution in [0.15, 0.2) is 23.8 Å². The molecule has 0 aromatic heterocycles. The molecule has 0 aromatic rings. The van der Waals surface area contributed by atoms with Crippen molar-refractivity contribution < 1.29 is 14.3 Å². The van der Waals surface area contributed by atoms with Gasteiger partial charge in [0.15, 0.2) is 0 Å². The first-order chi connectivity index (χ1) is 5.24. The van der Waals surface area contributed by atoms with Gasteiger partial charge in [0, 0.05) is 6.08 Å². The molecule has 0 saturated heterocycles.